The zero-order valence-electron chi connectivity index (χ0n) is 14.5. The predicted octanol–water partition coefficient (Wildman–Crippen LogP) is 1.65. The molecule has 3 rings (SSSR count). The van der Waals surface area contributed by atoms with Crippen molar-refractivity contribution in [2.75, 3.05) is 5.32 Å². The highest BCUT2D eigenvalue weighted by atomic mass is 32.2. The van der Waals surface area contributed by atoms with Crippen LogP contribution in [0.4, 0.5) is 18.9 Å². The topological polar surface area (TPSA) is 133 Å². The van der Waals surface area contributed by atoms with E-state index in [0.717, 1.165) is 16.9 Å². The van der Waals surface area contributed by atoms with Gasteiger partial charge in [0.1, 0.15) is 6.54 Å². The number of nitrogens with zero attached hydrogens (tertiary/aromatic N) is 4. The van der Waals surface area contributed by atoms with Gasteiger partial charge in [-0.15, -0.1) is 10.2 Å². The first-order valence-corrected chi connectivity index (χ1v) is 9.45. The SMILES string of the molecule is NS(=O)(=O)c1ccc(NC(=O)Cn2nnc(-c3cccc(C(F)(F)F)c3)n2)cc1. The van der Waals surface area contributed by atoms with Gasteiger partial charge in [-0.1, -0.05) is 12.1 Å². The van der Waals surface area contributed by atoms with E-state index < -0.39 is 27.7 Å². The molecule has 0 saturated carbocycles. The fraction of sp³-hybridized carbons (Fsp3) is 0.125. The number of nitrogens with two attached hydrogens (primary N) is 1. The van der Waals surface area contributed by atoms with Crippen molar-refractivity contribution < 1.29 is 26.4 Å². The van der Waals surface area contributed by atoms with Crippen molar-refractivity contribution in [1.29, 1.82) is 0 Å². The van der Waals surface area contributed by atoms with Crippen molar-refractivity contribution in [3.05, 3.63) is 54.1 Å². The van der Waals surface area contributed by atoms with E-state index in [-0.39, 0.29) is 22.8 Å². The molecular weight excluding hydrogens is 413 g/mol. The van der Waals surface area contributed by atoms with Gasteiger partial charge in [-0.2, -0.15) is 18.0 Å². The molecule has 13 heteroatoms. The Kier molecular flexibility index (Phi) is 5.35. The molecular formula is C16H13F3N6O3S. The van der Waals surface area contributed by atoms with Crippen molar-refractivity contribution in [2.45, 2.75) is 17.6 Å². The summed E-state index contributed by atoms with van der Waals surface area (Å²) in [6.45, 7) is -0.358. The monoisotopic (exact) mass is 426 g/mol. The highest BCUT2D eigenvalue weighted by molar-refractivity contribution is 7.89. The van der Waals surface area contributed by atoms with Crippen molar-refractivity contribution in [2.24, 2.45) is 5.14 Å². The Morgan fingerprint density at radius 2 is 1.83 bits per heavy atom. The summed E-state index contributed by atoms with van der Waals surface area (Å²) in [6.07, 6.45) is -4.51. The molecule has 0 unspecified atom stereocenters. The largest absolute Gasteiger partial charge is 0.416 e. The summed E-state index contributed by atoms with van der Waals surface area (Å²) in [5.74, 6) is -0.622. The fourth-order valence-corrected chi connectivity index (χ4v) is 2.83. The van der Waals surface area contributed by atoms with Gasteiger partial charge in [0.2, 0.25) is 21.8 Å². The van der Waals surface area contributed by atoms with Gasteiger partial charge in [0.25, 0.3) is 0 Å². The van der Waals surface area contributed by atoms with E-state index in [1.807, 2.05) is 0 Å². The average molecular weight is 426 g/mol. The second-order valence-corrected chi connectivity index (χ2v) is 7.40. The summed E-state index contributed by atoms with van der Waals surface area (Å²) in [5.41, 5.74) is -0.447. The number of amides is 1. The molecule has 2 aromatic carbocycles. The first-order chi connectivity index (χ1) is 13.5. The molecule has 1 aromatic heterocycles. The number of sulfonamides is 1. The molecule has 9 nitrogen and oxygen atoms in total. The fourth-order valence-electron chi connectivity index (χ4n) is 2.32. The number of anilines is 1. The second-order valence-electron chi connectivity index (χ2n) is 5.84. The van der Waals surface area contributed by atoms with Crippen LogP contribution in [0.3, 0.4) is 0 Å². The third-order valence-electron chi connectivity index (χ3n) is 3.65. The van der Waals surface area contributed by atoms with Crippen molar-refractivity contribution >= 4 is 21.6 Å². The molecule has 152 valence electrons. The number of halogens is 3. The molecule has 0 radical (unpaired) electrons. The van der Waals surface area contributed by atoms with E-state index in [1.165, 1.54) is 36.4 Å². The summed E-state index contributed by atoms with van der Waals surface area (Å²) in [4.78, 5) is 12.9. The van der Waals surface area contributed by atoms with Gasteiger partial charge in [-0.05, 0) is 41.6 Å². The van der Waals surface area contributed by atoms with Gasteiger partial charge in [0.15, 0.2) is 0 Å². The van der Waals surface area contributed by atoms with Crippen LogP contribution in [0.25, 0.3) is 11.4 Å². The minimum Gasteiger partial charge on any atom is -0.324 e. The maximum Gasteiger partial charge on any atom is 0.416 e. The number of benzene rings is 2. The van der Waals surface area contributed by atoms with Crippen molar-refractivity contribution in [3.63, 3.8) is 0 Å². The molecule has 3 aromatic rings. The number of primary sulfonamides is 1. The maximum atomic E-state index is 12.8. The Morgan fingerprint density at radius 3 is 2.45 bits per heavy atom. The Hall–Kier alpha value is -3.32. The summed E-state index contributed by atoms with van der Waals surface area (Å²) in [5, 5.41) is 18.7. The lowest BCUT2D eigenvalue weighted by molar-refractivity contribution is -0.137. The third kappa shape index (κ3) is 5.14. The minimum atomic E-state index is -4.51. The van der Waals surface area contributed by atoms with E-state index in [0.29, 0.717) is 5.69 Å². The standard InChI is InChI=1S/C16H13F3N6O3S/c17-16(18,19)11-3-1-2-10(8-11)15-22-24-25(23-15)9-14(26)21-12-4-6-13(7-5-12)29(20,27)28/h1-8H,9H2,(H,21,26)(H2,20,27,28). The Bertz CT molecular complexity index is 1140. The number of hydrogen-bond acceptors (Lipinski definition) is 6. The molecule has 0 aliphatic rings. The first kappa shape index (κ1) is 20.4. The lowest BCUT2D eigenvalue weighted by Gasteiger charge is -2.06. The molecule has 1 amide bonds. The molecule has 3 N–H and O–H groups in total. The zero-order valence-corrected chi connectivity index (χ0v) is 15.3. The normalized spacial score (nSPS) is 12.0. The van der Waals surface area contributed by atoms with Gasteiger partial charge in [-0.25, -0.2) is 13.6 Å². The van der Waals surface area contributed by atoms with E-state index in [1.54, 1.807) is 0 Å². The lowest BCUT2D eigenvalue weighted by atomic mass is 10.1. The highest BCUT2D eigenvalue weighted by Gasteiger charge is 2.30. The molecule has 0 atom stereocenters. The maximum absolute atomic E-state index is 12.8. The van der Waals surface area contributed by atoms with Gasteiger partial charge in [0, 0.05) is 11.3 Å². The number of hydrogen-bond donors (Lipinski definition) is 2. The third-order valence-corrected chi connectivity index (χ3v) is 4.58. The van der Waals surface area contributed by atoms with E-state index in [4.69, 9.17) is 5.14 Å². The second kappa shape index (κ2) is 7.60. The average Bonchev–Trinajstić information content (AvgIpc) is 3.09. The summed E-state index contributed by atoms with van der Waals surface area (Å²) < 4.78 is 60.8. The highest BCUT2D eigenvalue weighted by Crippen LogP contribution is 2.31. The zero-order chi connectivity index (χ0) is 21.2. The van der Waals surface area contributed by atoms with Gasteiger partial charge >= 0.3 is 6.18 Å². The number of carbonyl (C=O) groups is 1. The van der Waals surface area contributed by atoms with Gasteiger partial charge < -0.3 is 5.32 Å². The molecule has 0 bridgehead atoms. The Labute approximate surface area is 162 Å². The Morgan fingerprint density at radius 1 is 1.14 bits per heavy atom. The minimum absolute atomic E-state index is 0.0681. The van der Waals surface area contributed by atoms with Crippen LogP contribution in [-0.4, -0.2) is 34.5 Å². The lowest BCUT2D eigenvalue weighted by Crippen LogP contribution is -2.20. The van der Waals surface area contributed by atoms with Crippen LogP contribution in [0.1, 0.15) is 5.56 Å². The van der Waals surface area contributed by atoms with E-state index >= 15 is 0 Å². The first-order valence-electron chi connectivity index (χ1n) is 7.90. The van der Waals surface area contributed by atoms with Crippen LogP contribution >= 0.6 is 0 Å². The van der Waals surface area contributed by atoms with Gasteiger partial charge in [-0.3, -0.25) is 4.79 Å². The number of carbonyl (C=O) groups excluding carboxylic acids is 1. The molecule has 29 heavy (non-hydrogen) atoms. The predicted molar refractivity (Wildman–Crippen MR) is 94.7 cm³/mol. The summed E-state index contributed by atoms with van der Waals surface area (Å²) in [7, 11) is -3.85. The van der Waals surface area contributed by atoms with E-state index in [2.05, 4.69) is 20.7 Å². The quantitative estimate of drug-likeness (QED) is 0.637. The van der Waals surface area contributed by atoms with Crippen molar-refractivity contribution in [1.82, 2.24) is 20.2 Å². The van der Waals surface area contributed by atoms with Crippen molar-refractivity contribution in [3.8, 4) is 11.4 Å². The molecule has 0 spiro atoms. The van der Waals surface area contributed by atoms with Crippen LogP contribution < -0.4 is 10.5 Å². The van der Waals surface area contributed by atoms with E-state index in [9.17, 15) is 26.4 Å². The molecule has 0 aliphatic carbocycles. The molecule has 0 aliphatic heterocycles. The van der Waals surface area contributed by atoms with Crippen LogP contribution in [0.15, 0.2) is 53.4 Å². The smallest absolute Gasteiger partial charge is 0.324 e. The van der Waals surface area contributed by atoms with Crippen LogP contribution in [0.5, 0.6) is 0 Å². The molecule has 1 heterocycles. The number of aromatic nitrogens is 4. The van der Waals surface area contributed by atoms with Crippen LogP contribution in [0, 0.1) is 0 Å². The molecule has 0 saturated heterocycles. The summed E-state index contributed by atoms with van der Waals surface area (Å²) >= 11 is 0. The number of alkyl halides is 3. The number of tetrazole rings is 1. The Balaban J connectivity index is 1.68. The summed E-state index contributed by atoms with van der Waals surface area (Å²) in [6, 6.07) is 9.56. The number of nitrogens with one attached hydrogen (secondary N) is 1. The molecule has 0 fully saturated rings. The van der Waals surface area contributed by atoms with Crippen LogP contribution in [-0.2, 0) is 27.5 Å². The van der Waals surface area contributed by atoms with Gasteiger partial charge in [0.05, 0.1) is 10.5 Å². The number of rotatable bonds is 5. The van der Waals surface area contributed by atoms with Crippen LogP contribution in [0.2, 0.25) is 0 Å².